The molecule has 2 rings (SSSR count). The summed E-state index contributed by atoms with van der Waals surface area (Å²) < 4.78 is 2.07. The van der Waals surface area contributed by atoms with Gasteiger partial charge in [-0.05, 0) is 32.1 Å². The van der Waals surface area contributed by atoms with Crippen LogP contribution in [0, 0.1) is 25.7 Å². The van der Waals surface area contributed by atoms with Gasteiger partial charge in [0.25, 0.3) is 0 Å². The van der Waals surface area contributed by atoms with Crippen LogP contribution in [0.4, 0.5) is 5.69 Å². The normalized spacial score (nSPS) is 25.4. The van der Waals surface area contributed by atoms with Crippen LogP contribution in [0.3, 0.4) is 0 Å². The van der Waals surface area contributed by atoms with Crippen molar-refractivity contribution in [3.63, 3.8) is 0 Å². The lowest BCUT2D eigenvalue weighted by Crippen LogP contribution is -2.05. The molecular weight excluding hydrogens is 174 g/mol. The molecule has 0 aromatic carbocycles. The summed E-state index contributed by atoms with van der Waals surface area (Å²) in [4.78, 5) is 0. The Bertz CT molecular complexity index is 341. The Hall–Kier alpha value is -0.990. The Labute approximate surface area is 85.3 Å². The molecule has 0 radical (unpaired) electrons. The second-order valence-corrected chi connectivity index (χ2v) is 4.43. The highest BCUT2D eigenvalue weighted by Gasteiger charge is 2.35. The van der Waals surface area contributed by atoms with E-state index in [4.69, 9.17) is 5.73 Å². The van der Waals surface area contributed by atoms with Gasteiger partial charge in [-0.2, -0.15) is 5.10 Å². The molecule has 14 heavy (non-hydrogen) atoms. The Morgan fingerprint density at radius 3 is 2.57 bits per heavy atom. The number of anilines is 1. The van der Waals surface area contributed by atoms with E-state index < -0.39 is 0 Å². The molecule has 1 saturated carbocycles. The fourth-order valence-electron chi connectivity index (χ4n) is 2.14. The van der Waals surface area contributed by atoms with Crippen molar-refractivity contribution in [1.82, 2.24) is 9.78 Å². The van der Waals surface area contributed by atoms with E-state index in [1.54, 1.807) is 0 Å². The second-order valence-electron chi connectivity index (χ2n) is 4.43. The predicted octanol–water partition coefficient (Wildman–Crippen LogP) is 2.13. The Balaban J connectivity index is 2.07. The summed E-state index contributed by atoms with van der Waals surface area (Å²) in [5.74, 6) is 1.78. The van der Waals surface area contributed by atoms with Crippen LogP contribution in [0.5, 0.6) is 0 Å². The zero-order valence-electron chi connectivity index (χ0n) is 9.25. The number of hydrogen-bond donors (Lipinski definition) is 1. The van der Waals surface area contributed by atoms with E-state index >= 15 is 0 Å². The summed E-state index contributed by atoms with van der Waals surface area (Å²) in [5, 5.41) is 4.45. The van der Waals surface area contributed by atoms with E-state index in [1.165, 1.54) is 12.8 Å². The fraction of sp³-hybridized carbons (Fsp3) is 0.727. The van der Waals surface area contributed by atoms with Crippen molar-refractivity contribution in [2.75, 3.05) is 5.73 Å². The maximum Gasteiger partial charge on any atom is 0.0825 e. The van der Waals surface area contributed by atoms with Crippen molar-refractivity contribution in [3.05, 3.63) is 11.4 Å². The molecule has 1 aliphatic rings. The number of aryl methyl sites for hydroxylation is 1. The van der Waals surface area contributed by atoms with Crippen LogP contribution in [0.2, 0.25) is 0 Å². The molecule has 2 unspecified atom stereocenters. The summed E-state index contributed by atoms with van der Waals surface area (Å²) in [6, 6.07) is 0. The molecule has 2 N–H and O–H groups in total. The number of hydrogen-bond acceptors (Lipinski definition) is 2. The first kappa shape index (κ1) is 9.56. The standard InChI is InChI=1S/C11H19N3/c1-4-9-5-10(9)6-14-8(3)11(12)7(2)13-14/h9-10H,4-6,12H2,1-3H3. The third-order valence-corrected chi connectivity index (χ3v) is 3.44. The molecular formula is C11H19N3. The Morgan fingerprint density at radius 2 is 2.14 bits per heavy atom. The van der Waals surface area contributed by atoms with Gasteiger partial charge in [-0.25, -0.2) is 0 Å². The molecule has 1 aliphatic carbocycles. The monoisotopic (exact) mass is 193 g/mol. The molecule has 1 aromatic rings. The van der Waals surface area contributed by atoms with Crippen molar-refractivity contribution in [2.24, 2.45) is 11.8 Å². The molecule has 1 fully saturated rings. The molecule has 0 spiro atoms. The molecule has 0 bridgehead atoms. The topological polar surface area (TPSA) is 43.8 Å². The van der Waals surface area contributed by atoms with Crippen LogP contribution in [0.25, 0.3) is 0 Å². The fourth-order valence-corrected chi connectivity index (χ4v) is 2.14. The molecule has 78 valence electrons. The van der Waals surface area contributed by atoms with Gasteiger partial charge < -0.3 is 5.73 Å². The molecule has 2 atom stereocenters. The predicted molar refractivity (Wildman–Crippen MR) is 58.0 cm³/mol. The number of nitrogen functional groups attached to an aromatic ring is 1. The second kappa shape index (κ2) is 3.30. The van der Waals surface area contributed by atoms with Crippen molar-refractivity contribution >= 4 is 5.69 Å². The molecule has 0 amide bonds. The van der Waals surface area contributed by atoms with Gasteiger partial charge >= 0.3 is 0 Å². The third-order valence-electron chi connectivity index (χ3n) is 3.44. The molecule has 1 heterocycles. The smallest absolute Gasteiger partial charge is 0.0825 e. The van der Waals surface area contributed by atoms with Gasteiger partial charge in [0.05, 0.1) is 17.1 Å². The number of nitrogens with zero attached hydrogens (tertiary/aromatic N) is 2. The van der Waals surface area contributed by atoms with Crippen molar-refractivity contribution < 1.29 is 0 Å². The van der Waals surface area contributed by atoms with Gasteiger partial charge in [0.2, 0.25) is 0 Å². The molecule has 0 aliphatic heterocycles. The Morgan fingerprint density at radius 1 is 1.43 bits per heavy atom. The van der Waals surface area contributed by atoms with E-state index in [1.807, 2.05) is 6.92 Å². The highest BCUT2D eigenvalue weighted by molar-refractivity contribution is 5.46. The Kier molecular flexibility index (Phi) is 2.25. The van der Waals surface area contributed by atoms with Crippen LogP contribution in [0.1, 0.15) is 31.2 Å². The van der Waals surface area contributed by atoms with E-state index in [9.17, 15) is 0 Å². The molecule has 0 saturated heterocycles. The number of nitrogens with two attached hydrogens (primary N) is 1. The first-order valence-electron chi connectivity index (χ1n) is 5.43. The lowest BCUT2D eigenvalue weighted by Gasteiger charge is -2.02. The first-order chi connectivity index (χ1) is 6.63. The zero-order chi connectivity index (χ0) is 10.3. The van der Waals surface area contributed by atoms with Crippen LogP contribution in [-0.2, 0) is 6.54 Å². The van der Waals surface area contributed by atoms with Crippen LogP contribution < -0.4 is 5.73 Å². The van der Waals surface area contributed by atoms with E-state index in [0.717, 1.165) is 35.5 Å². The minimum Gasteiger partial charge on any atom is -0.396 e. The molecule has 1 aromatic heterocycles. The van der Waals surface area contributed by atoms with Crippen molar-refractivity contribution in [1.29, 1.82) is 0 Å². The van der Waals surface area contributed by atoms with Gasteiger partial charge in [-0.1, -0.05) is 13.3 Å². The molecule has 3 heteroatoms. The van der Waals surface area contributed by atoms with Gasteiger partial charge in [-0.3, -0.25) is 4.68 Å². The summed E-state index contributed by atoms with van der Waals surface area (Å²) in [7, 11) is 0. The van der Waals surface area contributed by atoms with Gasteiger partial charge in [0.1, 0.15) is 0 Å². The average Bonchev–Trinajstić information content (AvgIpc) is 2.87. The summed E-state index contributed by atoms with van der Waals surface area (Å²) in [5.41, 5.74) is 8.84. The van der Waals surface area contributed by atoms with Crippen molar-refractivity contribution in [3.8, 4) is 0 Å². The van der Waals surface area contributed by atoms with Crippen LogP contribution in [0.15, 0.2) is 0 Å². The highest BCUT2D eigenvalue weighted by Crippen LogP contribution is 2.42. The first-order valence-corrected chi connectivity index (χ1v) is 5.43. The molecule has 3 nitrogen and oxygen atoms in total. The maximum absolute atomic E-state index is 5.88. The zero-order valence-corrected chi connectivity index (χ0v) is 9.25. The van der Waals surface area contributed by atoms with Gasteiger partial charge in [0, 0.05) is 6.54 Å². The van der Waals surface area contributed by atoms with Gasteiger partial charge in [0.15, 0.2) is 0 Å². The SMILES string of the molecule is CCC1CC1Cn1nc(C)c(N)c1C. The van der Waals surface area contributed by atoms with Crippen LogP contribution in [-0.4, -0.2) is 9.78 Å². The van der Waals surface area contributed by atoms with Crippen LogP contribution >= 0.6 is 0 Å². The lowest BCUT2D eigenvalue weighted by molar-refractivity contribution is 0.513. The summed E-state index contributed by atoms with van der Waals surface area (Å²) in [6.07, 6.45) is 2.67. The quantitative estimate of drug-likeness (QED) is 0.799. The number of aromatic nitrogens is 2. The largest absolute Gasteiger partial charge is 0.396 e. The minimum atomic E-state index is 0.845. The average molecular weight is 193 g/mol. The lowest BCUT2D eigenvalue weighted by atomic mass is 10.2. The third kappa shape index (κ3) is 1.51. The summed E-state index contributed by atoms with van der Waals surface area (Å²) >= 11 is 0. The maximum atomic E-state index is 5.88. The number of rotatable bonds is 3. The minimum absolute atomic E-state index is 0.845. The van der Waals surface area contributed by atoms with E-state index in [0.29, 0.717) is 0 Å². The highest BCUT2D eigenvalue weighted by atomic mass is 15.3. The van der Waals surface area contributed by atoms with E-state index in [-0.39, 0.29) is 0 Å². The van der Waals surface area contributed by atoms with E-state index in [2.05, 4.69) is 23.6 Å². The van der Waals surface area contributed by atoms with Crippen molar-refractivity contribution in [2.45, 2.75) is 40.2 Å². The summed E-state index contributed by atoms with van der Waals surface area (Å²) in [6.45, 7) is 7.35. The van der Waals surface area contributed by atoms with Gasteiger partial charge in [-0.15, -0.1) is 0 Å².